The molecule has 1 amide bonds. The number of nitro benzene ring substituents is 1. The zero-order valence-corrected chi connectivity index (χ0v) is 17.7. The van der Waals surface area contributed by atoms with Crippen LogP contribution in [0.15, 0.2) is 60.0 Å². The number of benzene rings is 2. The molecule has 0 spiro atoms. The second-order valence-electron chi connectivity index (χ2n) is 6.20. The van der Waals surface area contributed by atoms with E-state index in [4.69, 9.17) is 21.7 Å². The van der Waals surface area contributed by atoms with Crippen molar-refractivity contribution in [2.45, 2.75) is 6.61 Å². The normalized spacial score (nSPS) is 14.8. The van der Waals surface area contributed by atoms with Gasteiger partial charge in [0.1, 0.15) is 10.9 Å². The third kappa shape index (κ3) is 4.87. The monoisotopic (exact) mass is 442 g/mol. The molecule has 0 aliphatic carbocycles. The summed E-state index contributed by atoms with van der Waals surface area (Å²) < 4.78 is 11.7. The molecule has 0 N–H and O–H groups in total. The van der Waals surface area contributed by atoms with Crippen LogP contribution in [0.5, 0.6) is 11.5 Å². The lowest BCUT2D eigenvalue weighted by atomic mass is 10.1. The Balaban J connectivity index is 1.73. The van der Waals surface area contributed by atoms with Gasteiger partial charge in [0.05, 0.1) is 16.9 Å². The molecular formula is C21H18N2O5S2. The van der Waals surface area contributed by atoms with Gasteiger partial charge in [0.2, 0.25) is 0 Å². The lowest BCUT2D eigenvalue weighted by molar-refractivity contribution is -0.384. The number of nitro groups is 1. The molecule has 1 aliphatic heterocycles. The Bertz CT molecular complexity index is 1030. The highest BCUT2D eigenvalue weighted by Gasteiger charge is 2.31. The number of hydrogen-bond donors (Lipinski definition) is 0. The van der Waals surface area contributed by atoms with Gasteiger partial charge in [-0.25, -0.2) is 0 Å². The van der Waals surface area contributed by atoms with Crippen LogP contribution in [0.25, 0.3) is 6.08 Å². The van der Waals surface area contributed by atoms with Crippen molar-refractivity contribution in [2.75, 3.05) is 13.7 Å². The van der Waals surface area contributed by atoms with Crippen LogP contribution in [-0.2, 0) is 11.4 Å². The summed E-state index contributed by atoms with van der Waals surface area (Å²) in [5.41, 5.74) is 1.59. The Morgan fingerprint density at radius 3 is 2.60 bits per heavy atom. The van der Waals surface area contributed by atoms with E-state index >= 15 is 0 Å². The standard InChI is InChI=1S/C21H18N2O5S2/c1-3-10-22-20(24)19(30-21(22)29)12-15-6-9-17(18(11-15)27-2)28-13-14-4-7-16(8-5-14)23(25)26/h3-9,11-12H,1,10,13H2,2H3/b19-12-. The molecule has 30 heavy (non-hydrogen) atoms. The zero-order valence-electron chi connectivity index (χ0n) is 16.1. The van der Waals surface area contributed by atoms with Crippen LogP contribution in [0.3, 0.4) is 0 Å². The first kappa shape index (κ1) is 21.5. The van der Waals surface area contributed by atoms with Gasteiger partial charge in [0.25, 0.3) is 11.6 Å². The smallest absolute Gasteiger partial charge is 0.269 e. The second kappa shape index (κ2) is 9.55. The SMILES string of the molecule is C=CCN1C(=O)/C(=C/c2ccc(OCc3ccc([N+](=O)[O-])cc3)c(OC)c2)SC1=S. The number of non-ortho nitro benzene ring substituents is 1. The van der Waals surface area contributed by atoms with E-state index in [9.17, 15) is 14.9 Å². The molecule has 0 bridgehead atoms. The van der Waals surface area contributed by atoms with Gasteiger partial charge in [0.15, 0.2) is 11.5 Å². The van der Waals surface area contributed by atoms with E-state index in [-0.39, 0.29) is 18.2 Å². The van der Waals surface area contributed by atoms with Crippen LogP contribution in [-0.4, -0.2) is 33.7 Å². The van der Waals surface area contributed by atoms with E-state index < -0.39 is 4.92 Å². The van der Waals surface area contributed by atoms with Crippen LogP contribution >= 0.6 is 24.0 Å². The molecule has 0 radical (unpaired) electrons. The summed E-state index contributed by atoms with van der Waals surface area (Å²) in [4.78, 5) is 24.8. The molecule has 0 aromatic heterocycles. The molecule has 2 aromatic carbocycles. The van der Waals surface area contributed by atoms with Crippen molar-refractivity contribution in [3.63, 3.8) is 0 Å². The van der Waals surface area contributed by atoms with Gasteiger partial charge in [-0.2, -0.15) is 0 Å². The maximum absolute atomic E-state index is 12.5. The fraction of sp³-hybridized carbons (Fsp3) is 0.143. The third-order valence-corrected chi connectivity index (χ3v) is 5.59. The van der Waals surface area contributed by atoms with Crippen LogP contribution in [0.2, 0.25) is 0 Å². The van der Waals surface area contributed by atoms with Gasteiger partial charge in [-0.3, -0.25) is 19.8 Å². The Morgan fingerprint density at radius 1 is 1.23 bits per heavy atom. The molecule has 0 atom stereocenters. The second-order valence-corrected chi connectivity index (χ2v) is 7.88. The number of rotatable bonds is 8. The number of methoxy groups -OCH3 is 1. The van der Waals surface area contributed by atoms with Crippen molar-refractivity contribution in [3.8, 4) is 11.5 Å². The molecule has 9 heteroatoms. The molecule has 154 valence electrons. The lowest BCUT2D eigenvalue weighted by Crippen LogP contribution is -2.27. The first-order valence-electron chi connectivity index (χ1n) is 8.83. The van der Waals surface area contributed by atoms with Crippen molar-refractivity contribution in [1.82, 2.24) is 4.90 Å². The largest absolute Gasteiger partial charge is 0.493 e. The van der Waals surface area contributed by atoms with E-state index in [1.165, 1.54) is 35.9 Å². The Kier molecular flexibility index (Phi) is 6.86. The predicted molar refractivity (Wildman–Crippen MR) is 120 cm³/mol. The molecule has 1 saturated heterocycles. The molecule has 2 aromatic rings. The van der Waals surface area contributed by atoms with E-state index in [0.29, 0.717) is 27.3 Å². The first-order chi connectivity index (χ1) is 14.4. The highest BCUT2D eigenvalue weighted by molar-refractivity contribution is 8.26. The number of carbonyl (C=O) groups is 1. The van der Waals surface area contributed by atoms with Gasteiger partial charge in [-0.15, -0.1) is 6.58 Å². The topological polar surface area (TPSA) is 81.9 Å². The minimum atomic E-state index is -0.447. The highest BCUT2D eigenvalue weighted by Crippen LogP contribution is 2.35. The van der Waals surface area contributed by atoms with Crippen LogP contribution in [0.4, 0.5) is 5.69 Å². The van der Waals surface area contributed by atoms with Crippen LogP contribution in [0.1, 0.15) is 11.1 Å². The Hall–Kier alpha value is -3.17. The summed E-state index contributed by atoms with van der Waals surface area (Å²) >= 11 is 6.49. The summed E-state index contributed by atoms with van der Waals surface area (Å²) in [6.45, 7) is 4.25. The number of carbonyl (C=O) groups excluding carboxylic acids is 1. The van der Waals surface area contributed by atoms with E-state index in [0.717, 1.165) is 11.1 Å². The molecule has 0 saturated carbocycles. The minimum absolute atomic E-state index is 0.0270. The summed E-state index contributed by atoms with van der Waals surface area (Å²) in [5, 5.41) is 10.7. The van der Waals surface area contributed by atoms with Crippen molar-refractivity contribution in [1.29, 1.82) is 0 Å². The molecule has 1 fully saturated rings. The maximum atomic E-state index is 12.5. The minimum Gasteiger partial charge on any atom is -0.493 e. The molecule has 7 nitrogen and oxygen atoms in total. The fourth-order valence-electron chi connectivity index (χ4n) is 2.71. The van der Waals surface area contributed by atoms with Crippen LogP contribution < -0.4 is 9.47 Å². The fourth-order valence-corrected chi connectivity index (χ4v) is 3.98. The van der Waals surface area contributed by atoms with Crippen LogP contribution in [0, 0.1) is 10.1 Å². The van der Waals surface area contributed by atoms with E-state index in [1.807, 2.05) is 6.07 Å². The van der Waals surface area contributed by atoms with Crippen molar-refractivity contribution < 1.29 is 19.2 Å². The molecule has 1 heterocycles. The van der Waals surface area contributed by atoms with Crippen molar-refractivity contribution in [2.24, 2.45) is 0 Å². The van der Waals surface area contributed by atoms with E-state index in [2.05, 4.69) is 6.58 Å². The summed E-state index contributed by atoms with van der Waals surface area (Å²) in [6, 6.07) is 11.5. The number of hydrogen-bond acceptors (Lipinski definition) is 7. The molecule has 0 unspecified atom stereocenters. The number of thiocarbonyl (C=S) groups is 1. The van der Waals surface area contributed by atoms with Gasteiger partial charge in [-0.1, -0.05) is 36.1 Å². The van der Waals surface area contributed by atoms with Gasteiger partial charge < -0.3 is 9.47 Å². The van der Waals surface area contributed by atoms with E-state index in [1.54, 1.807) is 36.4 Å². The van der Waals surface area contributed by atoms with Gasteiger partial charge in [-0.05, 0) is 41.5 Å². The Morgan fingerprint density at radius 2 is 1.97 bits per heavy atom. The van der Waals surface area contributed by atoms with Crippen molar-refractivity contribution >= 4 is 46.0 Å². The van der Waals surface area contributed by atoms with Crippen molar-refractivity contribution in [3.05, 3.63) is 81.3 Å². The number of thioether (sulfide) groups is 1. The first-order valence-corrected chi connectivity index (χ1v) is 10.1. The highest BCUT2D eigenvalue weighted by atomic mass is 32.2. The number of nitrogens with zero attached hydrogens (tertiary/aromatic N) is 2. The predicted octanol–water partition coefficient (Wildman–Crippen LogP) is 4.57. The summed E-state index contributed by atoms with van der Waals surface area (Å²) in [6.07, 6.45) is 3.39. The quantitative estimate of drug-likeness (QED) is 0.195. The summed E-state index contributed by atoms with van der Waals surface area (Å²) in [5.74, 6) is 0.877. The molecular weight excluding hydrogens is 424 g/mol. The zero-order chi connectivity index (χ0) is 21.7. The van der Waals surface area contributed by atoms with Gasteiger partial charge in [0, 0.05) is 18.7 Å². The third-order valence-electron chi connectivity index (χ3n) is 4.21. The molecule has 3 rings (SSSR count). The lowest BCUT2D eigenvalue weighted by Gasteiger charge is -2.12. The molecule has 1 aliphatic rings. The Labute approximate surface area is 183 Å². The number of amides is 1. The summed E-state index contributed by atoms with van der Waals surface area (Å²) in [7, 11) is 1.53. The maximum Gasteiger partial charge on any atom is 0.269 e. The number of ether oxygens (including phenoxy) is 2. The van der Waals surface area contributed by atoms with Gasteiger partial charge >= 0.3 is 0 Å². The average Bonchev–Trinajstić information content (AvgIpc) is 3.00. The average molecular weight is 443 g/mol.